The van der Waals surface area contributed by atoms with E-state index in [4.69, 9.17) is 0 Å². The molecule has 0 saturated heterocycles. The van der Waals surface area contributed by atoms with Gasteiger partial charge in [0.2, 0.25) is 0 Å². The van der Waals surface area contributed by atoms with E-state index in [9.17, 15) is 0 Å². The Morgan fingerprint density at radius 1 is 0.750 bits per heavy atom. The van der Waals surface area contributed by atoms with Crippen LogP contribution >= 0.6 is 0 Å². The molecule has 4 heavy (non-hydrogen) atoms. The largest absolute Gasteiger partial charge is 0.412 e. The van der Waals surface area contributed by atoms with Gasteiger partial charge in [-0.3, -0.25) is 0 Å². The first-order valence-electron chi connectivity index (χ1n) is 0. The summed E-state index contributed by atoms with van der Waals surface area (Å²) in [6, 6.07) is 0. The molecule has 0 aliphatic heterocycles. The maximum atomic E-state index is 0. The van der Waals surface area contributed by atoms with Crippen molar-refractivity contribution in [2.75, 3.05) is 0 Å². The van der Waals surface area contributed by atoms with E-state index < -0.39 is 0 Å². The molecule has 0 aliphatic carbocycles. The molecule has 0 aliphatic rings. The van der Waals surface area contributed by atoms with E-state index in [0.717, 1.165) is 0 Å². The van der Waals surface area contributed by atoms with Gasteiger partial charge < -0.3 is 18.4 Å². The summed E-state index contributed by atoms with van der Waals surface area (Å²) in [4.78, 5) is 0. The maximum absolute atomic E-state index is 0. The molecule has 0 amide bonds. The molecule has 0 saturated carbocycles. The van der Waals surface area contributed by atoms with Gasteiger partial charge in [0.1, 0.15) is 0 Å². The Hall–Kier alpha value is 0.582. The van der Waals surface area contributed by atoms with Crippen molar-refractivity contribution in [3.63, 3.8) is 0 Å². The summed E-state index contributed by atoms with van der Waals surface area (Å²) in [6.45, 7) is 0. The molecule has 0 heterocycles. The molecular weight excluding hydrogens is 150 g/mol. The molecule has 0 atom stereocenters. The summed E-state index contributed by atoms with van der Waals surface area (Å²) in [6.07, 6.45) is 0. The van der Waals surface area contributed by atoms with Crippen LogP contribution in [0, 0.1) is 7.43 Å². The first-order valence-corrected chi connectivity index (χ1v) is 0. The quantitative estimate of drug-likeness (QED) is 0.313. The topological polar surface area (TPSA) is 63.0 Å². The van der Waals surface area contributed by atoms with E-state index in [2.05, 4.69) is 0 Å². The minimum atomic E-state index is 0. The van der Waals surface area contributed by atoms with Crippen molar-refractivity contribution in [3.05, 3.63) is 7.43 Å². The Morgan fingerprint density at radius 3 is 0.750 bits per heavy atom. The zero-order valence-electron chi connectivity index (χ0n) is 2.32. The molecular formula is CH7O2Pd-. The summed E-state index contributed by atoms with van der Waals surface area (Å²) in [7, 11) is 0. The zero-order valence-corrected chi connectivity index (χ0v) is 3.87. The van der Waals surface area contributed by atoms with Gasteiger partial charge in [0, 0.05) is 20.4 Å². The third-order valence-corrected chi connectivity index (χ3v) is 0. The molecule has 0 aromatic heterocycles. The van der Waals surface area contributed by atoms with Crippen molar-refractivity contribution in [1.82, 2.24) is 0 Å². The molecule has 3 heteroatoms. The minimum absolute atomic E-state index is 0. The maximum Gasteiger partial charge on any atom is 0 e. The molecule has 0 aromatic rings. The van der Waals surface area contributed by atoms with Crippen LogP contribution in [-0.2, 0) is 20.4 Å². The van der Waals surface area contributed by atoms with Gasteiger partial charge in [0.25, 0.3) is 0 Å². The number of hydrogen-bond donors (Lipinski definition) is 0. The normalized spacial score (nSPS) is 0. The van der Waals surface area contributed by atoms with Crippen molar-refractivity contribution < 1.29 is 31.4 Å². The second kappa shape index (κ2) is 70.4. The van der Waals surface area contributed by atoms with Crippen LogP contribution in [0.15, 0.2) is 0 Å². The van der Waals surface area contributed by atoms with E-state index >= 15 is 0 Å². The fraction of sp³-hybridized carbons (Fsp3) is 0. The SMILES string of the molecule is O.O.[CH3-].[Pd]. The van der Waals surface area contributed by atoms with E-state index in [1.54, 1.807) is 0 Å². The minimum Gasteiger partial charge on any atom is -0.412 e. The first-order chi connectivity index (χ1) is 0. The second-order valence-electron chi connectivity index (χ2n) is 0. The summed E-state index contributed by atoms with van der Waals surface area (Å²) >= 11 is 0. The van der Waals surface area contributed by atoms with E-state index in [1.807, 2.05) is 0 Å². The van der Waals surface area contributed by atoms with Gasteiger partial charge in [-0.2, -0.15) is 0 Å². The second-order valence-corrected chi connectivity index (χ2v) is 0. The van der Waals surface area contributed by atoms with Crippen LogP contribution in [0.25, 0.3) is 0 Å². The third kappa shape index (κ3) is 19.1. The fourth-order valence-electron chi connectivity index (χ4n) is 0. The fourth-order valence-corrected chi connectivity index (χ4v) is 0. The molecule has 34 valence electrons. The van der Waals surface area contributed by atoms with Gasteiger partial charge in [0.15, 0.2) is 0 Å². The molecule has 0 radical (unpaired) electrons. The molecule has 4 N–H and O–H groups in total. The van der Waals surface area contributed by atoms with E-state index in [-0.39, 0.29) is 38.8 Å². The van der Waals surface area contributed by atoms with Crippen LogP contribution < -0.4 is 0 Å². The molecule has 0 rings (SSSR count). The molecule has 0 fully saturated rings. The Morgan fingerprint density at radius 2 is 0.750 bits per heavy atom. The molecule has 2 nitrogen and oxygen atoms in total. The van der Waals surface area contributed by atoms with Gasteiger partial charge >= 0.3 is 0 Å². The molecule has 0 spiro atoms. The van der Waals surface area contributed by atoms with Gasteiger partial charge in [-0.05, 0) is 0 Å². The van der Waals surface area contributed by atoms with Gasteiger partial charge in [-0.1, -0.05) is 0 Å². The van der Waals surface area contributed by atoms with Gasteiger partial charge in [0.05, 0.1) is 0 Å². The Labute approximate surface area is 39.5 Å². The van der Waals surface area contributed by atoms with E-state index in [0.29, 0.717) is 0 Å². The third-order valence-electron chi connectivity index (χ3n) is 0. The summed E-state index contributed by atoms with van der Waals surface area (Å²) in [5.74, 6) is 0. The van der Waals surface area contributed by atoms with Crippen molar-refractivity contribution in [2.24, 2.45) is 0 Å². The summed E-state index contributed by atoms with van der Waals surface area (Å²) < 4.78 is 0. The first kappa shape index (κ1) is 173. The van der Waals surface area contributed by atoms with Gasteiger partial charge in [-0.25, -0.2) is 0 Å². The van der Waals surface area contributed by atoms with Crippen LogP contribution in [0.1, 0.15) is 0 Å². The Kier molecular flexibility index (Phi) is 3050. The average molecular weight is 157 g/mol. The summed E-state index contributed by atoms with van der Waals surface area (Å²) in [5.41, 5.74) is 0. The zero-order chi connectivity index (χ0) is 0. The van der Waals surface area contributed by atoms with Crippen LogP contribution in [0.5, 0.6) is 0 Å². The predicted octanol–water partition coefficient (Wildman–Crippen LogP) is -1.20. The van der Waals surface area contributed by atoms with Crippen LogP contribution in [0.2, 0.25) is 0 Å². The standard InChI is InChI=1S/CH3.2H2O.Pd/h1H3;2*1H2;/q-1;;;. The number of rotatable bonds is 0. The summed E-state index contributed by atoms with van der Waals surface area (Å²) in [5, 5.41) is 0. The Balaban J connectivity index is 0. The number of hydrogen-bond acceptors (Lipinski definition) is 0. The molecule has 0 bridgehead atoms. The monoisotopic (exact) mass is 157 g/mol. The van der Waals surface area contributed by atoms with Crippen molar-refractivity contribution in [1.29, 1.82) is 0 Å². The van der Waals surface area contributed by atoms with E-state index in [1.165, 1.54) is 0 Å². The average Bonchev–Trinajstić information content (AvgIpc) is 0. The molecule has 0 unspecified atom stereocenters. The smallest absolute Gasteiger partial charge is 0 e. The van der Waals surface area contributed by atoms with Crippen LogP contribution in [-0.4, -0.2) is 11.0 Å². The Bertz CT molecular complexity index is 6.00. The van der Waals surface area contributed by atoms with Crippen LogP contribution in [0.3, 0.4) is 0 Å². The predicted molar refractivity (Wildman–Crippen MR) is 13.6 cm³/mol. The van der Waals surface area contributed by atoms with Crippen molar-refractivity contribution in [3.8, 4) is 0 Å². The van der Waals surface area contributed by atoms with Crippen molar-refractivity contribution in [2.45, 2.75) is 0 Å². The van der Waals surface area contributed by atoms with Crippen molar-refractivity contribution >= 4 is 0 Å². The molecule has 0 aromatic carbocycles. The van der Waals surface area contributed by atoms with Crippen LogP contribution in [0.4, 0.5) is 0 Å². The van der Waals surface area contributed by atoms with Gasteiger partial charge in [-0.15, -0.1) is 0 Å².